The first kappa shape index (κ1) is 13.9. The zero-order valence-corrected chi connectivity index (χ0v) is 11.5. The second-order valence-corrected chi connectivity index (χ2v) is 4.83. The first-order valence-corrected chi connectivity index (χ1v) is 6.45. The van der Waals surface area contributed by atoms with Gasteiger partial charge in [-0.15, -0.1) is 0 Å². The number of aliphatic imine (C=N–C) groups is 1. The normalized spacial score (nSPS) is 11.2. The fourth-order valence-corrected chi connectivity index (χ4v) is 1.84. The molecule has 0 spiro atoms. The van der Waals surface area contributed by atoms with E-state index in [1.54, 1.807) is 24.4 Å². The van der Waals surface area contributed by atoms with Crippen molar-refractivity contribution in [3.05, 3.63) is 69.8 Å². The summed E-state index contributed by atoms with van der Waals surface area (Å²) < 4.78 is 0. The molecule has 0 aromatic heterocycles. The summed E-state index contributed by atoms with van der Waals surface area (Å²) in [4.78, 5) is 14.7. The highest BCUT2D eigenvalue weighted by molar-refractivity contribution is 5.83. The van der Waals surface area contributed by atoms with Crippen molar-refractivity contribution in [2.24, 2.45) is 4.99 Å². The first-order chi connectivity index (χ1) is 9.58. The van der Waals surface area contributed by atoms with Crippen molar-refractivity contribution in [2.75, 3.05) is 0 Å². The van der Waals surface area contributed by atoms with Gasteiger partial charge in [0.05, 0.1) is 4.92 Å². The molecule has 0 aliphatic heterocycles. The highest BCUT2D eigenvalue weighted by Crippen LogP contribution is 2.26. The van der Waals surface area contributed by atoms with Gasteiger partial charge in [0.25, 0.3) is 5.69 Å². The molecule has 0 saturated heterocycles. The molecule has 0 bridgehead atoms. The van der Waals surface area contributed by atoms with Crippen molar-refractivity contribution >= 4 is 17.6 Å². The van der Waals surface area contributed by atoms with E-state index >= 15 is 0 Å². The SMILES string of the molecule is CC(C)c1ccc(C=Nc2ccccc2[N+](=O)[O-])cc1. The molecular weight excluding hydrogens is 252 g/mol. The molecule has 0 atom stereocenters. The van der Waals surface area contributed by atoms with Gasteiger partial charge in [0.1, 0.15) is 5.69 Å². The topological polar surface area (TPSA) is 55.5 Å². The van der Waals surface area contributed by atoms with Crippen LogP contribution in [0.25, 0.3) is 0 Å². The van der Waals surface area contributed by atoms with Crippen molar-refractivity contribution in [3.63, 3.8) is 0 Å². The lowest BCUT2D eigenvalue weighted by atomic mass is 10.0. The van der Waals surface area contributed by atoms with Crippen LogP contribution in [-0.2, 0) is 0 Å². The molecule has 0 saturated carbocycles. The van der Waals surface area contributed by atoms with Gasteiger partial charge in [0.2, 0.25) is 0 Å². The maximum Gasteiger partial charge on any atom is 0.294 e. The van der Waals surface area contributed by atoms with Crippen LogP contribution in [0.5, 0.6) is 0 Å². The molecule has 102 valence electrons. The number of nitrogens with zero attached hydrogens (tertiary/aromatic N) is 2. The Kier molecular flexibility index (Phi) is 4.25. The summed E-state index contributed by atoms with van der Waals surface area (Å²) in [6.45, 7) is 4.27. The van der Waals surface area contributed by atoms with Crippen LogP contribution >= 0.6 is 0 Å². The Balaban J connectivity index is 2.23. The van der Waals surface area contributed by atoms with E-state index in [1.807, 2.05) is 24.3 Å². The zero-order chi connectivity index (χ0) is 14.5. The second kappa shape index (κ2) is 6.10. The lowest BCUT2D eigenvalue weighted by molar-refractivity contribution is -0.384. The zero-order valence-electron chi connectivity index (χ0n) is 11.5. The molecular formula is C16H16N2O2. The molecule has 0 N–H and O–H groups in total. The molecule has 2 rings (SSSR count). The Morgan fingerprint density at radius 2 is 1.75 bits per heavy atom. The monoisotopic (exact) mass is 268 g/mol. The fourth-order valence-electron chi connectivity index (χ4n) is 1.84. The largest absolute Gasteiger partial charge is 0.294 e. The molecule has 0 aliphatic rings. The summed E-state index contributed by atoms with van der Waals surface area (Å²) in [5, 5.41) is 10.9. The quantitative estimate of drug-likeness (QED) is 0.466. The number of para-hydroxylation sites is 2. The van der Waals surface area contributed by atoms with E-state index in [4.69, 9.17) is 0 Å². The Hall–Kier alpha value is -2.49. The summed E-state index contributed by atoms with van der Waals surface area (Å²) in [6.07, 6.45) is 1.65. The van der Waals surface area contributed by atoms with E-state index in [9.17, 15) is 10.1 Å². The summed E-state index contributed by atoms with van der Waals surface area (Å²) >= 11 is 0. The van der Waals surface area contributed by atoms with E-state index in [-0.39, 0.29) is 5.69 Å². The number of nitro groups is 1. The van der Waals surface area contributed by atoms with Gasteiger partial charge in [-0.05, 0) is 23.1 Å². The molecule has 0 radical (unpaired) electrons. The van der Waals surface area contributed by atoms with Crippen molar-refractivity contribution in [1.29, 1.82) is 0 Å². The van der Waals surface area contributed by atoms with Gasteiger partial charge in [-0.2, -0.15) is 0 Å². The van der Waals surface area contributed by atoms with E-state index in [0.717, 1.165) is 5.56 Å². The number of benzene rings is 2. The first-order valence-electron chi connectivity index (χ1n) is 6.45. The molecule has 0 aliphatic carbocycles. The van der Waals surface area contributed by atoms with Crippen LogP contribution in [0.4, 0.5) is 11.4 Å². The standard InChI is InChI=1S/C16H16N2O2/c1-12(2)14-9-7-13(8-10-14)11-17-15-5-3-4-6-16(15)18(19)20/h3-12H,1-2H3. The third-order valence-electron chi connectivity index (χ3n) is 3.03. The van der Waals surface area contributed by atoms with Crippen molar-refractivity contribution in [2.45, 2.75) is 19.8 Å². The molecule has 0 heterocycles. The highest BCUT2D eigenvalue weighted by atomic mass is 16.6. The Morgan fingerprint density at radius 1 is 1.10 bits per heavy atom. The van der Waals surface area contributed by atoms with Gasteiger partial charge in [-0.1, -0.05) is 50.2 Å². The van der Waals surface area contributed by atoms with Crippen LogP contribution in [0, 0.1) is 10.1 Å². The van der Waals surface area contributed by atoms with Crippen molar-refractivity contribution < 1.29 is 4.92 Å². The second-order valence-electron chi connectivity index (χ2n) is 4.83. The van der Waals surface area contributed by atoms with Crippen molar-refractivity contribution in [1.82, 2.24) is 0 Å². The van der Waals surface area contributed by atoms with E-state index in [2.05, 4.69) is 18.8 Å². The van der Waals surface area contributed by atoms with Gasteiger partial charge in [0.15, 0.2) is 0 Å². The Labute approximate surface area is 117 Å². The summed E-state index contributed by atoms with van der Waals surface area (Å²) in [5.41, 5.74) is 2.56. The Bertz CT molecular complexity index is 631. The minimum absolute atomic E-state index is 0.0163. The van der Waals surface area contributed by atoms with Gasteiger partial charge in [0, 0.05) is 12.3 Å². The van der Waals surface area contributed by atoms with Gasteiger partial charge in [-0.3, -0.25) is 10.1 Å². The predicted molar refractivity (Wildman–Crippen MR) is 80.9 cm³/mol. The number of hydrogen-bond donors (Lipinski definition) is 0. The van der Waals surface area contributed by atoms with Crippen LogP contribution in [0.2, 0.25) is 0 Å². The smallest absolute Gasteiger partial charge is 0.258 e. The third kappa shape index (κ3) is 3.29. The minimum Gasteiger partial charge on any atom is -0.258 e. The van der Waals surface area contributed by atoms with E-state index in [1.165, 1.54) is 11.6 Å². The fraction of sp³-hybridized carbons (Fsp3) is 0.188. The van der Waals surface area contributed by atoms with Crippen LogP contribution < -0.4 is 0 Å². The van der Waals surface area contributed by atoms with Crippen LogP contribution in [-0.4, -0.2) is 11.1 Å². The molecule has 2 aromatic rings. The van der Waals surface area contributed by atoms with E-state index < -0.39 is 4.92 Å². The molecule has 20 heavy (non-hydrogen) atoms. The van der Waals surface area contributed by atoms with Crippen LogP contribution in [0.15, 0.2) is 53.5 Å². The Morgan fingerprint density at radius 3 is 2.35 bits per heavy atom. The molecule has 4 heteroatoms. The number of rotatable bonds is 4. The summed E-state index contributed by atoms with van der Waals surface area (Å²) in [6, 6.07) is 14.5. The van der Waals surface area contributed by atoms with Crippen molar-refractivity contribution in [3.8, 4) is 0 Å². The lowest BCUT2D eigenvalue weighted by Crippen LogP contribution is -1.89. The maximum atomic E-state index is 10.9. The summed E-state index contributed by atoms with van der Waals surface area (Å²) in [5.74, 6) is 0.483. The lowest BCUT2D eigenvalue weighted by Gasteiger charge is -2.04. The number of nitro benzene ring substituents is 1. The van der Waals surface area contributed by atoms with Gasteiger partial charge in [-0.25, -0.2) is 4.99 Å². The maximum absolute atomic E-state index is 10.9. The average molecular weight is 268 g/mol. The molecule has 4 nitrogen and oxygen atoms in total. The minimum atomic E-state index is -0.422. The summed E-state index contributed by atoms with van der Waals surface area (Å²) in [7, 11) is 0. The molecule has 0 fully saturated rings. The van der Waals surface area contributed by atoms with Gasteiger partial charge < -0.3 is 0 Å². The van der Waals surface area contributed by atoms with Crippen LogP contribution in [0.1, 0.15) is 30.9 Å². The molecule has 0 amide bonds. The third-order valence-corrected chi connectivity index (χ3v) is 3.03. The van der Waals surface area contributed by atoms with E-state index in [0.29, 0.717) is 11.6 Å². The highest BCUT2D eigenvalue weighted by Gasteiger charge is 2.10. The number of hydrogen-bond acceptors (Lipinski definition) is 3. The van der Waals surface area contributed by atoms with Crippen LogP contribution in [0.3, 0.4) is 0 Å². The predicted octanol–water partition coefficient (Wildman–Crippen LogP) is 4.47. The van der Waals surface area contributed by atoms with Gasteiger partial charge >= 0.3 is 0 Å². The molecule has 2 aromatic carbocycles. The molecule has 0 unspecified atom stereocenters. The average Bonchev–Trinajstić information content (AvgIpc) is 2.45.